The fourth-order valence-electron chi connectivity index (χ4n) is 3.03. The second-order valence-electron chi connectivity index (χ2n) is 6.58. The molecule has 1 aromatic carbocycles. The van der Waals surface area contributed by atoms with Gasteiger partial charge in [0, 0.05) is 4.88 Å². The van der Waals surface area contributed by atoms with Crippen molar-refractivity contribution in [1.29, 1.82) is 0 Å². The number of anilines is 1. The highest BCUT2D eigenvalue weighted by atomic mass is 32.2. The van der Waals surface area contributed by atoms with Crippen molar-refractivity contribution in [3.8, 4) is 0 Å². The number of hydrogen-bond acceptors (Lipinski definition) is 5. The van der Waals surface area contributed by atoms with Crippen LogP contribution in [0.5, 0.6) is 0 Å². The van der Waals surface area contributed by atoms with Crippen LogP contribution in [0.3, 0.4) is 0 Å². The highest BCUT2D eigenvalue weighted by Crippen LogP contribution is 2.28. The molecule has 1 aromatic heterocycles. The van der Waals surface area contributed by atoms with Crippen molar-refractivity contribution in [1.82, 2.24) is 10.9 Å². The molecule has 150 valence electrons. The molecule has 3 rings (SSSR count). The largest absolute Gasteiger partial charge is 0.283 e. The van der Waals surface area contributed by atoms with Gasteiger partial charge in [0.15, 0.2) is 0 Å². The first kappa shape index (κ1) is 20.3. The second kappa shape index (κ2) is 8.74. The van der Waals surface area contributed by atoms with Crippen molar-refractivity contribution in [2.45, 2.75) is 39.0 Å². The summed E-state index contributed by atoms with van der Waals surface area (Å²) >= 11 is 1.46. The third-order valence-electron chi connectivity index (χ3n) is 4.58. The van der Waals surface area contributed by atoms with Crippen molar-refractivity contribution < 1.29 is 18.0 Å². The van der Waals surface area contributed by atoms with E-state index in [4.69, 9.17) is 0 Å². The molecule has 0 saturated heterocycles. The lowest BCUT2D eigenvalue weighted by Crippen LogP contribution is -2.41. The Morgan fingerprint density at radius 3 is 2.54 bits per heavy atom. The summed E-state index contributed by atoms with van der Waals surface area (Å²) in [5.74, 6) is -1.08. The fourth-order valence-corrected chi connectivity index (χ4v) is 4.84. The summed E-state index contributed by atoms with van der Waals surface area (Å²) in [7, 11) is -3.52. The van der Waals surface area contributed by atoms with Gasteiger partial charge in [0.25, 0.3) is 11.8 Å². The number of para-hydroxylation sites is 1. The quantitative estimate of drug-likeness (QED) is 0.510. The number of aryl methyl sites for hydroxylation is 2. The minimum absolute atomic E-state index is 0.108. The average Bonchev–Trinajstić information content (AvgIpc) is 2.96. The smallest absolute Gasteiger partial charge is 0.279 e. The number of sulfonamides is 1. The lowest BCUT2D eigenvalue weighted by atomic mass is 10.1. The molecule has 0 aliphatic heterocycles. The Morgan fingerprint density at radius 1 is 1.04 bits per heavy atom. The molecule has 1 aliphatic carbocycles. The van der Waals surface area contributed by atoms with Crippen molar-refractivity contribution in [2.24, 2.45) is 0 Å². The number of amides is 2. The van der Waals surface area contributed by atoms with E-state index >= 15 is 0 Å². The van der Waals surface area contributed by atoms with Crippen LogP contribution in [0.2, 0.25) is 0 Å². The first-order valence-electron chi connectivity index (χ1n) is 9.21. The number of benzene rings is 1. The summed E-state index contributed by atoms with van der Waals surface area (Å²) in [5.41, 5.74) is 6.30. The van der Waals surface area contributed by atoms with E-state index in [-0.39, 0.29) is 22.9 Å². The molecule has 7 nitrogen and oxygen atoms in total. The van der Waals surface area contributed by atoms with Crippen LogP contribution in [-0.2, 0) is 22.9 Å². The Hall–Kier alpha value is -2.39. The summed E-state index contributed by atoms with van der Waals surface area (Å²) in [6, 6.07) is 8.14. The molecule has 0 saturated carbocycles. The molecule has 0 fully saturated rings. The molecule has 0 spiro atoms. The third-order valence-corrected chi connectivity index (χ3v) is 7.10. The summed E-state index contributed by atoms with van der Waals surface area (Å²) in [4.78, 5) is 26.7. The Labute approximate surface area is 168 Å². The van der Waals surface area contributed by atoms with Gasteiger partial charge in [-0.2, -0.15) is 0 Å². The van der Waals surface area contributed by atoms with Crippen LogP contribution in [-0.4, -0.2) is 26.0 Å². The van der Waals surface area contributed by atoms with E-state index in [1.807, 2.05) is 6.07 Å². The minimum Gasteiger partial charge on any atom is -0.283 e. The fraction of sp³-hybridized carbons (Fsp3) is 0.368. The van der Waals surface area contributed by atoms with E-state index in [0.29, 0.717) is 4.88 Å². The molecule has 0 unspecified atom stereocenters. The van der Waals surface area contributed by atoms with Crippen molar-refractivity contribution in [3.05, 3.63) is 51.2 Å². The molecule has 0 bridgehead atoms. The van der Waals surface area contributed by atoms with Crippen LogP contribution in [0, 0.1) is 0 Å². The molecule has 1 heterocycles. The SMILES string of the molecule is CCS(=O)(=O)Nc1ccccc1C(=O)NNC(=O)c1cc2c(s1)CCCCC2. The highest BCUT2D eigenvalue weighted by Gasteiger charge is 2.19. The standard InChI is InChI=1S/C19H23N3O4S2/c1-2-28(25,26)22-15-10-7-6-9-14(15)18(23)20-21-19(24)17-12-13-8-4-3-5-11-16(13)27-17/h6-7,9-10,12,22H,2-5,8,11H2,1H3,(H,20,23)(H,21,24). The van der Waals surface area contributed by atoms with Gasteiger partial charge in [-0.25, -0.2) is 8.42 Å². The Balaban J connectivity index is 1.67. The van der Waals surface area contributed by atoms with Crippen LogP contribution >= 0.6 is 11.3 Å². The molecular weight excluding hydrogens is 398 g/mol. The zero-order valence-corrected chi connectivity index (χ0v) is 17.2. The first-order valence-corrected chi connectivity index (χ1v) is 11.7. The zero-order valence-electron chi connectivity index (χ0n) is 15.6. The van der Waals surface area contributed by atoms with Gasteiger partial charge in [-0.1, -0.05) is 18.6 Å². The van der Waals surface area contributed by atoms with E-state index in [1.54, 1.807) is 12.1 Å². The molecule has 0 atom stereocenters. The molecule has 2 amide bonds. The Morgan fingerprint density at radius 2 is 1.75 bits per heavy atom. The Kier molecular flexibility index (Phi) is 6.35. The van der Waals surface area contributed by atoms with Gasteiger partial charge in [-0.3, -0.25) is 25.2 Å². The van der Waals surface area contributed by atoms with Gasteiger partial charge in [0.1, 0.15) is 0 Å². The normalized spacial score (nSPS) is 13.9. The number of carbonyl (C=O) groups excluding carboxylic acids is 2. The van der Waals surface area contributed by atoms with E-state index in [1.165, 1.54) is 47.3 Å². The summed E-state index contributed by atoms with van der Waals surface area (Å²) in [6.07, 6.45) is 5.45. The number of hydrazine groups is 1. The number of nitrogens with one attached hydrogen (secondary N) is 3. The van der Waals surface area contributed by atoms with E-state index < -0.39 is 15.9 Å². The van der Waals surface area contributed by atoms with E-state index in [0.717, 1.165) is 25.7 Å². The zero-order chi connectivity index (χ0) is 20.1. The van der Waals surface area contributed by atoms with Gasteiger partial charge < -0.3 is 0 Å². The van der Waals surface area contributed by atoms with E-state index in [9.17, 15) is 18.0 Å². The molecule has 3 N–H and O–H groups in total. The Bertz CT molecular complexity index is 959. The van der Waals surface area contributed by atoms with Crippen LogP contribution in [0.15, 0.2) is 30.3 Å². The predicted octanol–water partition coefficient (Wildman–Crippen LogP) is 2.85. The monoisotopic (exact) mass is 421 g/mol. The molecule has 1 aliphatic rings. The first-order chi connectivity index (χ1) is 13.4. The summed E-state index contributed by atoms with van der Waals surface area (Å²) < 4.78 is 26.0. The number of carbonyl (C=O) groups is 2. The maximum atomic E-state index is 12.5. The maximum Gasteiger partial charge on any atom is 0.279 e. The average molecular weight is 422 g/mol. The van der Waals surface area contributed by atoms with Crippen LogP contribution in [0.1, 0.15) is 56.7 Å². The van der Waals surface area contributed by atoms with Crippen LogP contribution < -0.4 is 15.6 Å². The summed E-state index contributed by atoms with van der Waals surface area (Å²) in [6.45, 7) is 1.51. The summed E-state index contributed by atoms with van der Waals surface area (Å²) in [5, 5.41) is 0. The number of hydrogen-bond donors (Lipinski definition) is 3. The minimum atomic E-state index is -3.52. The molecule has 28 heavy (non-hydrogen) atoms. The van der Waals surface area contributed by atoms with Gasteiger partial charge in [0.05, 0.1) is 21.9 Å². The van der Waals surface area contributed by atoms with Crippen molar-refractivity contribution >= 4 is 38.9 Å². The topological polar surface area (TPSA) is 104 Å². The van der Waals surface area contributed by atoms with Crippen LogP contribution in [0.25, 0.3) is 0 Å². The van der Waals surface area contributed by atoms with Crippen molar-refractivity contribution in [2.75, 3.05) is 10.5 Å². The van der Waals surface area contributed by atoms with Crippen molar-refractivity contribution in [3.63, 3.8) is 0 Å². The number of thiophene rings is 1. The second-order valence-corrected chi connectivity index (χ2v) is 9.73. The maximum absolute atomic E-state index is 12.5. The number of rotatable bonds is 5. The molecule has 0 radical (unpaired) electrons. The van der Waals surface area contributed by atoms with Crippen LogP contribution in [0.4, 0.5) is 5.69 Å². The van der Waals surface area contributed by atoms with Gasteiger partial charge in [-0.15, -0.1) is 11.3 Å². The third kappa shape index (κ3) is 4.90. The number of fused-ring (bicyclic) bond motifs is 1. The predicted molar refractivity (Wildman–Crippen MR) is 110 cm³/mol. The molecule has 2 aromatic rings. The van der Waals surface area contributed by atoms with Gasteiger partial charge >= 0.3 is 0 Å². The lowest BCUT2D eigenvalue weighted by molar-refractivity contribution is 0.0849. The van der Waals surface area contributed by atoms with E-state index in [2.05, 4.69) is 15.6 Å². The lowest BCUT2D eigenvalue weighted by Gasteiger charge is -2.12. The van der Waals surface area contributed by atoms with Gasteiger partial charge in [-0.05, 0) is 56.4 Å². The highest BCUT2D eigenvalue weighted by molar-refractivity contribution is 7.92. The molecular formula is C19H23N3O4S2. The van der Waals surface area contributed by atoms with Gasteiger partial charge in [0.2, 0.25) is 10.0 Å². The molecule has 9 heteroatoms.